The van der Waals surface area contributed by atoms with Crippen LogP contribution in [0.3, 0.4) is 0 Å². The Balaban J connectivity index is 2.07. The fourth-order valence-electron chi connectivity index (χ4n) is 2.41. The number of benzene rings is 1. The van der Waals surface area contributed by atoms with Gasteiger partial charge in [-0.05, 0) is 66.3 Å². The maximum Gasteiger partial charge on any atom is 0.143 e. The molecule has 0 aliphatic heterocycles. The first-order valence-electron chi connectivity index (χ1n) is 6.23. The largest absolute Gasteiger partial charge is 0.489 e. The summed E-state index contributed by atoms with van der Waals surface area (Å²) in [5.41, 5.74) is 0.680. The molecule has 0 unspecified atom stereocenters. The standard InChI is InChI=1S/C14H18FIO/c1-3-10-5-6-11(8-10)17-12-7-4-9(2)13(15)14(12)16/h4,7,10-11H,3,5-6,8H2,1-2H3/t10-,11-/m1/s1. The normalized spacial score (nSPS) is 24.0. The molecule has 1 nitrogen and oxygen atoms in total. The van der Waals surface area contributed by atoms with Gasteiger partial charge in [0.25, 0.3) is 0 Å². The van der Waals surface area contributed by atoms with Gasteiger partial charge in [0.1, 0.15) is 11.6 Å². The van der Waals surface area contributed by atoms with Gasteiger partial charge >= 0.3 is 0 Å². The molecule has 2 rings (SSSR count). The molecule has 1 aromatic rings. The van der Waals surface area contributed by atoms with Crippen LogP contribution >= 0.6 is 22.6 Å². The SMILES string of the molecule is CC[C@@H]1CC[C@@H](Oc2ccc(C)c(F)c2I)C1. The minimum Gasteiger partial charge on any atom is -0.489 e. The zero-order valence-corrected chi connectivity index (χ0v) is 12.5. The van der Waals surface area contributed by atoms with Crippen molar-refractivity contribution in [2.45, 2.75) is 45.6 Å². The van der Waals surface area contributed by atoms with E-state index in [0.717, 1.165) is 18.8 Å². The molecular formula is C14H18FIO. The van der Waals surface area contributed by atoms with Crippen molar-refractivity contribution < 1.29 is 9.13 Å². The van der Waals surface area contributed by atoms with E-state index in [4.69, 9.17) is 4.74 Å². The van der Waals surface area contributed by atoms with Crippen molar-refractivity contribution in [3.05, 3.63) is 27.1 Å². The Hall–Kier alpha value is -0.320. The van der Waals surface area contributed by atoms with Gasteiger partial charge in [0.05, 0.1) is 9.67 Å². The number of hydrogen-bond donors (Lipinski definition) is 0. The molecule has 1 fully saturated rings. The molecule has 0 radical (unpaired) electrons. The molecule has 2 atom stereocenters. The zero-order valence-electron chi connectivity index (χ0n) is 10.3. The van der Waals surface area contributed by atoms with Crippen LogP contribution in [0.1, 0.15) is 38.2 Å². The maximum atomic E-state index is 13.7. The summed E-state index contributed by atoms with van der Waals surface area (Å²) in [6.07, 6.45) is 4.95. The summed E-state index contributed by atoms with van der Waals surface area (Å²) in [6.45, 7) is 4.01. The highest BCUT2D eigenvalue weighted by molar-refractivity contribution is 14.1. The van der Waals surface area contributed by atoms with Crippen LogP contribution in [0.25, 0.3) is 0 Å². The molecule has 0 heterocycles. The van der Waals surface area contributed by atoms with Crippen LogP contribution in [-0.2, 0) is 0 Å². The summed E-state index contributed by atoms with van der Waals surface area (Å²) >= 11 is 2.03. The second kappa shape index (κ2) is 5.55. The first-order valence-corrected chi connectivity index (χ1v) is 7.31. The first kappa shape index (κ1) is 13.1. The Morgan fingerprint density at radius 3 is 2.82 bits per heavy atom. The summed E-state index contributed by atoms with van der Waals surface area (Å²) in [5.74, 6) is 1.34. The molecule has 17 heavy (non-hydrogen) atoms. The lowest BCUT2D eigenvalue weighted by molar-refractivity contribution is 0.201. The first-order chi connectivity index (χ1) is 8.11. The van der Waals surface area contributed by atoms with E-state index in [-0.39, 0.29) is 11.9 Å². The van der Waals surface area contributed by atoms with Crippen molar-refractivity contribution in [3.8, 4) is 5.75 Å². The van der Waals surface area contributed by atoms with E-state index in [9.17, 15) is 4.39 Å². The van der Waals surface area contributed by atoms with Gasteiger partial charge in [0, 0.05) is 0 Å². The second-order valence-electron chi connectivity index (χ2n) is 4.84. The third-order valence-corrected chi connectivity index (χ3v) is 4.61. The third kappa shape index (κ3) is 2.92. The Kier molecular flexibility index (Phi) is 4.28. The molecule has 0 saturated heterocycles. The fourth-order valence-corrected chi connectivity index (χ4v) is 3.14. The van der Waals surface area contributed by atoms with E-state index < -0.39 is 0 Å². The summed E-state index contributed by atoms with van der Waals surface area (Å²) in [4.78, 5) is 0. The van der Waals surface area contributed by atoms with Crippen molar-refractivity contribution in [1.82, 2.24) is 0 Å². The Morgan fingerprint density at radius 2 is 2.18 bits per heavy atom. The molecule has 3 heteroatoms. The Bertz CT molecular complexity index is 405. The number of ether oxygens (including phenoxy) is 1. The molecule has 1 aromatic carbocycles. The highest BCUT2D eigenvalue weighted by Gasteiger charge is 2.25. The smallest absolute Gasteiger partial charge is 0.143 e. The van der Waals surface area contributed by atoms with E-state index >= 15 is 0 Å². The number of rotatable bonds is 3. The highest BCUT2D eigenvalue weighted by Crippen LogP contribution is 2.33. The zero-order chi connectivity index (χ0) is 12.4. The Labute approximate surface area is 116 Å². The molecule has 94 valence electrons. The quantitative estimate of drug-likeness (QED) is 0.720. The fraction of sp³-hybridized carbons (Fsp3) is 0.571. The topological polar surface area (TPSA) is 9.23 Å². The second-order valence-corrected chi connectivity index (χ2v) is 5.91. The van der Waals surface area contributed by atoms with E-state index in [0.29, 0.717) is 14.9 Å². The van der Waals surface area contributed by atoms with Gasteiger partial charge in [0.15, 0.2) is 0 Å². The van der Waals surface area contributed by atoms with Gasteiger partial charge in [-0.1, -0.05) is 19.4 Å². The van der Waals surface area contributed by atoms with Gasteiger partial charge in [-0.15, -0.1) is 0 Å². The average Bonchev–Trinajstić information content (AvgIpc) is 2.78. The van der Waals surface area contributed by atoms with Crippen LogP contribution in [-0.4, -0.2) is 6.10 Å². The van der Waals surface area contributed by atoms with Crippen molar-refractivity contribution in [3.63, 3.8) is 0 Å². The van der Waals surface area contributed by atoms with Crippen LogP contribution in [0.2, 0.25) is 0 Å². The molecule has 1 aliphatic rings. The minimum absolute atomic E-state index is 0.145. The highest BCUT2D eigenvalue weighted by atomic mass is 127. The van der Waals surface area contributed by atoms with E-state index in [2.05, 4.69) is 6.92 Å². The van der Waals surface area contributed by atoms with Crippen LogP contribution in [0.15, 0.2) is 12.1 Å². The van der Waals surface area contributed by atoms with Crippen LogP contribution in [0.5, 0.6) is 5.75 Å². The van der Waals surface area contributed by atoms with Gasteiger partial charge in [0.2, 0.25) is 0 Å². The number of hydrogen-bond acceptors (Lipinski definition) is 1. The van der Waals surface area contributed by atoms with Gasteiger partial charge < -0.3 is 4.74 Å². The van der Waals surface area contributed by atoms with Crippen molar-refractivity contribution in [2.75, 3.05) is 0 Å². The number of halogens is 2. The Morgan fingerprint density at radius 1 is 1.41 bits per heavy atom. The summed E-state index contributed by atoms with van der Waals surface area (Å²) in [5, 5.41) is 0. The van der Waals surface area contributed by atoms with Gasteiger partial charge in [-0.2, -0.15) is 0 Å². The molecule has 0 aromatic heterocycles. The van der Waals surface area contributed by atoms with Crippen LogP contribution in [0.4, 0.5) is 4.39 Å². The van der Waals surface area contributed by atoms with Crippen molar-refractivity contribution in [1.29, 1.82) is 0 Å². The molecule has 0 bridgehead atoms. The molecule has 0 spiro atoms. The number of aryl methyl sites for hydroxylation is 1. The summed E-state index contributed by atoms with van der Waals surface area (Å²) < 4.78 is 20.3. The van der Waals surface area contributed by atoms with E-state index in [1.165, 1.54) is 12.8 Å². The third-order valence-electron chi connectivity index (χ3n) is 3.60. The average molecular weight is 348 g/mol. The summed E-state index contributed by atoms with van der Waals surface area (Å²) in [6, 6.07) is 3.68. The molecule has 0 amide bonds. The lowest BCUT2D eigenvalue weighted by Crippen LogP contribution is -2.13. The monoisotopic (exact) mass is 348 g/mol. The summed E-state index contributed by atoms with van der Waals surface area (Å²) in [7, 11) is 0. The van der Waals surface area contributed by atoms with Crippen molar-refractivity contribution in [2.24, 2.45) is 5.92 Å². The predicted octanol–water partition coefficient (Wildman–Crippen LogP) is 4.70. The molecule has 0 N–H and O–H groups in total. The maximum absolute atomic E-state index is 13.7. The van der Waals surface area contributed by atoms with Crippen LogP contribution in [0, 0.1) is 22.2 Å². The molecule has 1 saturated carbocycles. The lowest BCUT2D eigenvalue weighted by Gasteiger charge is -2.16. The van der Waals surface area contributed by atoms with E-state index in [1.54, 1.807) is 13.0 Å². The van der Waals surface area contributed by atoms with Gasteiger partial charge in [-0.25, -0.2) is 4.39 Å². The van der Waals surface area contributed by atoms with Gasteiger partial charge in [-0.3, -0.25) is 0 Å². The van der Waals surface area contributed by atoms with Crippen molar-refractivity contribution >= 4 is 22.6 Å². The lowest BCUT2D eigenvalue weighted by atomic mass is 10.1. The van der Waals surface area contributed by atoms with Crippen LogP contribution < -0.4 is 4.74 Å². The van der Waals surface area contributed by atoms with E-state index in [1.807, 2.05) is 28.7 Å². The predicted molar refractivity (Wildman–Crippen MR) is 75.9 cm³/mol. The molecule has 1 aliphatic carbocycles. The minimum atomic E-state index is -0.145. The molecular weight excluding hydrogens is 330 g/mol.